The molecule has 1 aromatic heterocycles. The summed E-state index contributed by atoms with van der Waals surface area (Å²) in [5.74, 6) is -0.978. The normalized spacial score (nSPS) is 15.2. The number of nitrogens with zero attached hydrogens (tertiary/aromatic N) is 1. The van der Waals surface area contributed by atoms with Crippen molar-refractivity contribution in [3.63, 3.8) is 0 Å². The van der Waals surface area contributed by atoms with Crippen LogP contribution in [-0.2, 0) is 10.0 Å². The summed E-state index contributed by atoms with van der Waals surface area (Å²) in [7, 11) is -2.30. The van der Waals surface area contributed by atoms with Gasteiger partial charge in [0.1, 0.15) is 15.0 Å². The number of para-hydroxylation sites is 1. The molecule has 0 saturated carbocycles. The number of sulfonamides is 1. The van der Waals surface area contributed by atoms with Crippen LogP contribution in [0.1, 0.15) is 40.0 Å². The number of primary amides is 1. The van der Waals surface area contributed by atoms with Gasteiger partial charge in [0.15, 0.2) is 0 Å². The molecule has 10 heteroatoms. The Morgan fingerprint density at radius 2 is 1.82 bits per heavy atom. The van der Waals surface area contributed by atoms with Crippen LogP contribution in [0.4, 0.5) is 5.00 Å². The first-order valence-corrected chi connectivity index (χ1v) is 11.0. The molecule has 28 heavy (non-hydrogen) atoms. The smallest absolute Gasteiger partial charge is 0.260 e. The van der Waals surface area contributed by atoms with E-state index in [2.05, 4.69) is 5.32 Å². The first-order chi connectivity index (χ1) is 13.3. The van der Waals surface area contributed by atoms with Gasteiger partial charge in [-0.1, -0.05) is 18.6 Å². The van der Waals surface area contributed by atoms with E-state index in [1.165, 1.54) is 17.5 Å². The highest BCUT2D eigenvalue weighted by Gasteiger charge is 2.30. The van der Waals surface area contributed by atoms with E-state index in [1.807, 2.05) is 0 Å². The number of anilines is 1. The summed E-state index contributed by atoms with van der Waals surface area (Å²) in [6.45, 7) is 0.879. The highest BCUT2D eigenvalue weighted by molar-refractivity contribution is 7.91. The lowest BCUT2D eigenvalue weighted by molar-refractivity contribution is 0.100. The lowest BCUT2D eigenvalue weighted by atomic mass is 10.2. The van der Waals surface area contributed by atoms with Crippen molar-refractivity contribution < 1.29 is 22.7 Å². The lowest BCUT2D eigenvalue weighted by Gasteiger charge is -2.25. The zero-order valence-electron chi connectivity index (χ0n) is 15.3. The number of nitrogens with one attached hydrogen (secondary N) is 1. The second-order valence-corrected chi connectivity index (χ2v) is 9.51. The third-order valence-electron chi connectivity index (χ3n) is 4.46. The molecule has 3 rings (SSSR count). The van der Waals surface area contributed by atoms with Crippen molar-refractivity contribution in [1.82, 2.24) is 4.31 Å². The van der Waals surface area contributed by atoms with E-state index in [0.29, 0.717) is 18.8 Å². The summed E-state index contributed by atoms with van der Waals surface area (Å²) >= 11 is 0.822. The summed E-state index contributed by atoms with van der Waals surface area (Å²) in [5, 5.41) is 2.69. The number of amides is 2. The molecule has 2 amide bonds. The molecular weight excluding hydrogens is 402 g/mol. The Labute approximate surface area is 167 Å². The largest absolute Gasteiger partial charge is 0.496 e. The number of carbonyl (C=O) groups is 2. The van der Waals surface area contributed by atoms with Crippen molar-refractivity contribution in [3.05, 3.63) is 41.5 Å². The molecule has 0 bridgehead atoms. The molecule has 0 unspecified atom stereocenters. The summed E-state index contributed by atoms with van der Waals surface area (Å²) < 4.78 is 32.3. The molecular formula is C18H21N3O5S2. The van der Waals surface area contributed by atoms with Crippen molar-refractivity contribution in [1.29, 1.82) is 0 Å². The van der Waals surface area contributed by atoms with Gasteiger partial charge in [0.2, 0.25) is 0 Å². The molecule has 0 atom stereocenters. The standard InChI is InChI=1S/C18H21N3O5S2/c1-26-14-8-4-3-7-12(14)17(23)20-18-13(16(19)22)11-15(27-18)28(24,25)21-9-5-2-6-10-21/h3-4,7-8,11H,2,5-6,9-10H2,1H3,(H2,19,22)(H,20,23). The molecule has 0 aliphatic carbocycles. The summed E-state index contributed by atoms with van der Waals surface area (Å²) in [4.78, 5) is 24.5. The number of methoxy groups -OCH3 is 1. The Morgan fingerprint density at radius 1 is 1.14 bits per heavy atom. The minimum Gasteiger partial charge on any atom is -0.496 e. The number of rotatable bonds is 6. The maximum atomic E-state index is 12.9. The Bertz CT molecular complexity index is 994. The predicted octanol–water partition coefficient (Wildman–Crippen LogP) is 2.28. The number of benzene rings is 1. The summed E-state index contributed by atoms with van der Waals surface area (Å²) in [5.41, 5.74) is 5.62. The number of thiophene rings is 1. The number of nitrogens with two attached hydrogens (primary N) is 1. The summed E-state index contributed by atoms with van der Waals surface area (Å²) in [6.07, 6.45) is 2.58. The fraction of sp³-hybridized carbons (Fsp3) is 0.333. The van der Waals surface area contributed by atoms with Gasteiger partial charge in [-0.3, -0.25) is 9.59 Å². The number of ether oxygens (including phenoxy) is 1. The van der Waals surface area contributed by atoms with Crippen molar-refractivity contribution in [2.45, 2.75) is 23.5 Å². The second-order valence-electron chi connectivity index (χ2n) is 6.29. The minimum absolute atomic E-state index is 0.0153. The minimum atomic E-state index is -3.74. The van der Waals surface area contributed by atoms with Crippen molar-refractivity contribution in [3.8, 4) is 5.75 Å². The lowest BCUT2D eigenvalue weighted by Crippen LogP contribution is -2.35. The molecule has 150 valence electrons. The van der Waals surface area contributed by atoms with Crippen molar-refractivity contribution in [2.24, 2.45) is 5.73 Å². The Hall–Kier alpha value is -2.43. The third kappa shape index (κ3) is 4.03. The number of piperidine rings is 1. The van der Waals surface area contributed by atoms with Gasteiger partial charge in [0.25, 0.3) is 21.8 Å². The highest BCUT2D eigenvalue weighted by atomic mass is 32.2. The number of hydrogen-bond donors (Lipinski definition) is 2. The molecule has 0 radical (unpaired) electrons. The number of carbonyl (C=O) groups excluding carboxylic acids is 2. The van der Waals surface area contributed by atoms with Gasteiger partial charge in [-0.2, -0.15) is 4.31 Å². The fourth-order valence-electron chi connectivity index (χ4n) is 3.01. The van der Waals surface area contributed by atoms with Crippen LogP contribution in [0.25, 0.3) is 0 Å². The first kappa shape index (κ1) is 20.3. The molecule has 8 nitrogen and oxygen atoms in total. The van der Waals surface area contributed by atoms with Crippen LogP contribution in [0.5, 0.6) is 5.75 Å². The molecule has 2 aromatic rings. The quantitative estimate of drug-likeness (QED) is 0.739. The van der Waals surface area contributed by atoms with Crippen LogP contribution in [0.2, 0.25) is 0 Å². The third-order valence-corrected chi connectivity index (χ3v) is 7.86. The van der Waals surface area contributed by atoms with Crippen LogP contribution in [0.15, 0.2) is 34.5 Å². The Balaban J connectivity index is 1.93. The van der Waals surface area contributed by atoms with Crippen LogP contribution >= 0.6 is 11.3 Å². The van der Waals surface area contributed by atoms with E-state index in [-0.39, 0.29) is 20.3 Å². The fourth-order valence-corrected chi connectivity index (χ4v) is 6.05. The zero-order valence-corrected chi connectivity index (χ0v) is 16.9. The van der Waals surface area contributed by atoms with Crippen LogP contribution < -0.4 is 15.8 Å². The van der Waals surface area contributed by atoms with Gasteiger partial charge in [0.05, 0.1) is 18.2 Å². The SMILES string of the molecule is COc1ccccc1C(=O)Nc1sc(S(=O)(=O)N2CCCCC2)cc1C(N)=O. The van der Waals surface area contributed by atoms with Gasteiger partial charge in [-0.05, 0) is 31.0 Å². The molecule has 1 fully saturated rings. The van der Waals surface area contributed by atoms with Gasteiger partial charge < -0.3 is 15.8 Å². The van der Waals surface area contributed by atoms with E-state index in [0.717, 1.165) is 30.6 Å². The monoisotopic (exact) mass is 423 g/mol. The van der Waals surface area contributed by atoms with Crippen LogP contribution in [0.3, 0.4) is 0 Å². The molecule has 1 aliphatic rings. The van der Waals surface area contributed by atoms with E-state index in [1.54, 1.807) is 24.3 Å². The average molecular weight is 424 g/mol. The van der Waals surface area contributed by atoms with E-state index in [4.69, 9.17) is 10.5 Å². The highest BCUT2D eigenvalue weighted by Crippen LogP contribution is 2.34. The van der Waals surface area contributed by atoms with Crippen LogP contribution in [0, 0.1) is 0 Å². The Kier molecular flexibility index (Phi) is 6.01. The van der Waals surface area contributed by atoms with Gasteiger partial charge >= 0.3 is 0 Å². The van der Waals surface area contributed by atoms with E-state index < -0.39 is 21.8 Å². The second kappa shape index (κ2) is 8.29. The van der Waals surface area contributed by atoms with Crippen molar-refractivity contribution >= 4 is 38.2 Å². The molecule has 1 saturated heterocycles. The Morgan fingerprint density at radius 3 is 2.46 bits per heavy atom. The maximum absolute atomic E-state index is 12.9. The molecule has 1 aromatic carbocycles. The van der Waals surface area contributed by atoms with Gasteiger partial charge in [0, 0.05) is 13.1 Å². The average Bonchev–Trinajstić information content (AvgIpc) is 3.13. The van der Waals surface area contributed by atoms with E-state index >= 15 is 0 Å². The molecule has 2 heterocycles. The first-order valence-electron chi connectivity index (χ1n) is 8.72. The summed E-state index contributed by atoms with van der Waals surface area (Å²) in [6, 6.07) is 7.82. The molecule has 1 aliphatic heterocycles. The molecule has 0 spiro atoms. The zero-order chi connectivity index (χ0) is 20.3. The van der Waals surface area contributed by atoms with Crippen LogP contribution in [-0.4, -0.2) is 44.7 Å². The van der Waals surface area contributed by atoms with Gasteiger partial charge in [-0.15, -0.1) is 11.3 Å². The van der Waals surface area contributed by atoms with Gasteiger partial charge in [-0.25, -0.2) is 8.42 Å². The van der Waals surface area contributed by atoms with Crippen molar-refractivity contribution in [2.75, 3.05) is 25.5 Å². The maximum Gasteiger partial charge on any atom is 0.260 e. The molecule has 3 N–H and O–H groups in total. The van der Waals surface area contributed by atoms with E-state index in [9.17, 15) is 18.0 Å². The number of hydrogen-bond acceptors (Lipinski definition) is 6. The predicted molar refractivity (Wildman–Crippen MR) is 106 cm³/mol. The topological polar surface area (TPSA) is 119 Å².